The molecule has 0 atom stereocenters. The number of hydrogen-bond donors (Lipinski definition) is 8. The molecule has 3 amide bonds. The van der Waals surface area contributed by atoms with Crippen LogP contribution in [0, 0.1) is 0 Å². The molecule has 4 heterocycles. The van der Waals surface area contributed by atoms with Gasteiger partial charge in [-0.05, 0) is 167 Å². The molecule has 8 aromatic rings. The van der Waals surface area contributed by atoms with Crippen molar-refractivity contribution in [2.45, 2.75) is 60.2 Å². The highest BCUT2D eigenvalue weighted by Crippen LogP contribution is 2.28. The minimum Gasteiger partial charge on any atom is -0.444 e. The zero-order valence-corrected chi connectivity index (χ0v) is 51.3. The maximum absolute atomic E-state index is 11.8. The van der Waals surface area contributed by atoms with Gasteiger partial charge in [0.2, 0.25) is 27.0 Å². The number of anilines is 11. The largest absolute Gasteiger partial charge is 0.444 e. The van der Waals surface area contributed by atoms with Gasteiger partial charge in [0, 0.05) is 45.5 Å². The Kier molecular flexibility index (Phi) is 29.0. The van der Waals surface area contributed by atoms with E-state index in [1.807, 2.05) is 32.9 Å². The lowest BCUT2D eigenvalue weighted by molar-refractivity contribution is -0.111. The van der Waals surface area contributed by atoms with Crippen molar-refractivity contribution < 1.29 is 23.9 Å². The smallest absolute Gasteiger partial charge is 0.412 e. The molecule has 30 heteroatoms. The topological polar surface area (TPSA) is 297 Å². The molecule has 21 nitrogen and oxygen atoms in total. The highest BCUT2D eigenvalue weighted by molar-refractivity contribution is 6.41. The van der Waals surface area contributed by atoms with Gasteiger partial charge < -0.3 is 42.2 Å². The lowest BCUT2D eigenvalue weighted by Gasteiger charge is -2.19. The molecule has 0 aliphatic heterocycles. The first-order valence-corrected chi connectivity index (χ1v) is 27.0. The van der Waals surface area contributed by atoms with Crippen LogP contribution < -0.4 is 43.4 Å². The average Bonchev–Trinajstić information content (AvgIpc) is 3.62. The van der Waals surface area contributed by atoms with Gasteiger partial charge in [-0.3, -0.25) is 15.4 Å². The van der Waals surface area contributed by atoms with Crippen molar-refractivity contribution in [2.24, 2.45) is 0 Å². The van der Waals surface area contributed by atoms with Gasteiger partial charge in [0.25, 0.3) is 0 Å². The van der Waals surface area contributed by atoms with Crippen LogP contribution in [0.15, 0.2) is 135 Å². The fourth-order valence-corrected chi connectivity index (χ4v) is 6.87. The van der Waals surface area contributed by atoms with Crippen LogP contribution >= 0.6 is 104 Å². The van der Waals surface area contributed by atoms with Gasteiger partial charge in [-0.2, -0.15) is 15.0 Å². The Morgan fingerprint density at radius 2 is 0.750 bits per heavy atom. The maximum Gasteiger partial charge on any atom is 0.412 e. The highest BCUT2D eigenvalue weighted by Gasteiger charge is 2.18. The number of hydrogen-bond acceptors (Lipinski definition) is 18. The highest BCUT2D eigenvalue weighted by atomic mass is 35.5. The third-order valence-corrected chi connectivity index (χ3v) is 11.1. The minimum atomic E-state index is -0.564. The van der Waals surface area contributed by atoms with Gasteiger partial charge >= 0.3 is 12.2 Å². The van der Waals surface area contributed by atoms with Crippen LogP contribution in [-0.2, 0) is 14.3 Å². The zero-order chi connectivity index (χ0) is 61.4. The van der Waals surface area contributed by atoms with Crippen LogP contribution in [0.1, 0.15) is 49.0 Å². The van der Waals surface area contributed by atoms with Gasteiger partial charge in [-0.25, -0.2) is 34.5 Å². The number of rotatable bonds is 10. The Balaban J connectivity index is 0.000000281. The molecule has 4 aromatic heterocycles. The summed E-state index contributed by atoms with van der Waals surface area (Å²) in [6.07, 6.45) is 5.78. The predicted octanol–water partition coefficient (Wildman–Crippen LogP) is 17.3. The molecule has 4 aromatic carbocycles. The molecule has 84 heavy (non-hydrogen) atoms. The predicted molar refractivity (Wildman–Crippen MR) is 343 cm³/mol. The lowest BCUT2D eigenvalue weighted by Crippen LogP contribution is -2.27. The van der Waals surface area contributed by atoms with E-state index in [-0.39, 0.29) is 39.6 Å². The van der Waals surface area contributed by atoms with Crippen LogP contribution in [0.25, 0.3) is 0 Å². The van der Waals surface area contributed by atoms with Crippen molar-refractivity contribution in [3.63, 3.8) is 0 Å². The van der Waals surface area contributed by atoms with Gasteiger partial charge in [0.05, 0.1) is 29.8 Å². The quantitative estimate of drug-likeness (QED) is 0.0273. The van der Waals surface area contributed by atoms with Crippen molar-refractivity contribution in [3.8, 4) is 0 Å². The summed E-state index contributed by atoms with van der Waals surface area (Å²) in [4.78, 5) is 64.8. The van der Waals surface area contributed by atoms with Gasteiger partial charge in [0.15, 0.2) is 22.6 Å². The Hall–Kier alpha value is -7.44. The van der Waals surface area contributed by atoms with E-state index in [1.165, 1.54) is 30.9 Å². The van der Waals surface area contributed by atoms with E-state index in [4.69, 9.17) is 125 Å². The van der Waals surface area contributed by atoms with Gasteiger partial charge in [-0.1, -0.05) is 96.3 Å². The van der Waals surface area contributed by atoms with Gasteiger partial charge in [-0.15, -0.1) is 0 Å². The third-order valence-electron chi connectivity index (χ3n) is 8.85. The number of nitrogens with one attached hydrogen (secondary N) is 6. The second kappa shape index (κ2) is 34.4. The molecular formula is C54H55Cl9N16O5. The summed E-state index contributed by atoms with van der Waals surface area (Å²) in [7, 11) is 0. The van der Waals surface area contributed by atoms with E-state index < -0.39 is 23.4 Å². The summed E-state index contributed by atoms with van der Waals surface area (Å²) >= 11 is 51.3. The Bertz CT molecular complexity index is 3510. The molecule has 0 spiro atoms. The Morgan fingerprint density at radius 3 is 1.08 bits per heavy atom. The first-order chi connectivity index (χ1) is 39.0. The third kappa shape index (κ3) is 27.8. The monoisotopic (exact) mass is 1320 g/mol. The van der Waals surface area contributed by atoms with Gasteiger partial charge in [0.1, 0.15) is 26.3 Å². The van der Waals surface area contributed by atoms with Crippen LogP contribution in [-0.4, -0.2) is 69.2 Å². The number of ether oxygens (including phenoxy) is 2. The molecule has 0 saturated carbocycles. The summed E-state index contributed by atoms with van der Waals surface area (Å²) in [5.74, 6) is 0.928. The normalized spacial score (nSPS) is 10.3. The standard InChI is InChI=1S/C15H16Cl2N4O2.C13H10Cl2N4O.C11H16N2O2.C10H8Cl2N4.C4HCl3N2.CH4/c1-15(2,3)23-14(22)20-10-6-4-5-9(7-10)19-12-11(16)8-18-13(17)21-12;1-2-11(20)17-8-4-3-5-9(6-8)18-12-10(14)7-16-13(15)19-12;1-11(2,3)15-10(14)13-9-6-4-5-8(12)7-9;11-8-5-14-10(12)16-9(8)15-7-3-1-2-6(13)4-7;5-2-1-8-4(7)9-3(2)6;/h4-8H,1-3H3,(H,20,22)(H,18,19,21);2-7H,1H2,(H,17,20)(H,16,18,19);4-7H,12H2,1-3H3,(H,13,14);1-5H,13H2,(H,14,15,16);1H;1H4. The molecule has 8 rings (SSSR count). The van der Waals surface area contributed by atoms with E-state index in [9.17, 15) is 14.4 Å². The number of carbonyl (C=O) groups is 3. The molecule has 0 bridgehead atoms. The molecule has 0 saturated heterocycles. The van der Waals surface area contributed by atoms with Crippen molar-refractivity contribution in [2.75, 3.05) is 43.4 Å². The molecule has 0 aliphatic carbocycles. The minimum absolute atomic E-state index is 0. The van der Waals surface area contributed by atoms with E-state index in [0.717, 1.165) is 5.69 Å². The summed E-state index contributed by atoms with van der Waals surface area (Å²) in [5.41, 5.74) is 15.4. The van der Waals surface area contributed by atoms with Crippen molar-refractivity contribution in [1.29, 1.82) is 0 Å². The molecule has 444 valence electrons. The first-order valence-electron chi connectivity index (χ1n) is 23.6. The van der Waals surface area contributed by atoms with Crippen molar-refractivity contribution in [1.82, 2.24) is 39.9 Å². The number of nitrogen functional groups attached to an aromatic ring is 2. The summed E-state index contributed by atoms with van der Waals surface area (Å²) in [6, 6.07) is 28.3. The number of nitrogens with two attached hydrogens (primary N) is 2. The molecule has 10 N–H and O–H groups in total. The second-order valence-corrected chi connectivity index (χ2v) is 21.4. The van der Waals surface area contributed by atoms with E-state index in [0.29, 0.717) is 77.4 Å². The molecule has 0 unspecified atom stereocenters. The van der Waals surface area contributed by atoms with Crippen LogP contribution in [0.4, 0.5) is 72.5 Å². The van der Waals surface area contributed by atoms with E-state index in [1.54, 1.807) is 106 Å². The van der Waals surface area contributed by atoms with Crippen molar-refractivity contribution in [3.05, 3.63) is 181 Å². The Morgan fingerprint density at radius 1 is 0.452 bits per heavy atom. The molecular weight excluding hydrogens is 1270 g/mol. The maximum atomic E-state index is 11.8. The number of benzene rings is 4. The summed E-state index contributed by atoms with van der Waals surface area (Å²) in [6.45, 7) is 14.2. The lowest BCUT2D eigenvalue weighted by atomic mass is 10.2. The molecule has 0 aliphatic rings. The van der Waals surface area contributed by atoms with Crippen LogP contribution in [0.2, 0.25) is 46.4 Å². The zero-order valence-electron chi connectivity index (χ0n) is 44.5. The van der Waals surface area contributed by atoms with E-state index >= 15 is 0 Å². The Labute approximate surface area is 529 Å². The summed E-state index contributed by atoms with van der Waals surface area (Å²) in [5, 5.41) is 18.9. The summed E-state index contributed by atoms with van der Waals surface area (Å²) < 4.78 is 10.3. The fraction of sp³-hybridized carbons (Fsp3) is 0.167. The number of carbonyl (C=O) groups excluding carboxylic acids is 3. The van der Waals surface area contributed by atoms with Crippen molar-refractivity contribution >= 4 is 185 Å². The van der Waals surface area contributed by atoms with E-state index in [2.05, 4.69) is 78.4 Å². The fourth-order valence-electron chi connectivity index (χ4n) is 5.65. The van der Waals surface area contributed by atoms with Crippen LogP contribution in [0.5, 0.6) is 0 Å². The number of aromatic nitrogens is 8. The number of amides is 3. The van der Waals surface area contributed by atoms with Crippen LogP contribution in [0.3, 0.4) is 0 Å². The molecule has 0 radical (unpaired) electrons. The second-order valence-electron chi connectivity index (χ2n) is 18.0. The average molecular weight is 1330 g/mol. The first kappa shape index (κ1) is 70.8. The number of nitrogens with zero attached hydrogens (tertiary/aromatic N) is 8. The SMILES string of the molecule is C.C=CC(=O)Nc1cccc(Nc2nc(Cl)ncc2Cl)c1.CC(C)(C)OC(=O)Nc1cccc(N)c1.CC(C)(C)OC(=O)Nc1cccc(Nc2nc(Cl)ncc2Cl)c1.Clc1ncc(Cl)c(Cl)n1.Nc1cccc(Nc2nc(Cl)ncc2Cl)c1. The number of halogens is 9. The molecule has 0 fully saturated rings.